The Labute approximate surface area is 201 Å². The normalized spacial score (nSPS) is 15.2. The molecule has 1 aliphatic heterocycles. The van der Waals surface area contributed by atoms with Crippen LogP contribution in [0.25, 0.3) is 11.3 Å². The van der Waals surface area contributed by atoms with Gasteiger partial charge in [-0.3, -0.25) is 0 Å². The van der Waals surface area contributed by atoms with Crippen molar-refractivity contribution in [2.75, 3.05) is 45.3 Å². The molecular weight excluding hydrogens is 485 g/mol. The van der Waals surface area contributed by atoms with E-state index in [9.17, 15) is 21.6 Å². The first-order valence-corrected chi connectivity index (χ1v) is 12.1. The summed E-state index contributed by atoms with van der Waals surface area (Å²) in [5.74, 6) is 1.77. The topological polar surface area (TPSA) is 84.9 Å². The predicted octanol–water partition coefficient (Wildman–Crippen LogP) is 3.69. The van der Waals surface area contributed by atoms with Gasteiger partial charge in [0.05, 0.1) is 30.4 Å². The van der Waals surface area contributed by atoms with Crippen LogP contribution in [0.3, 0.4) is 0 Å². The summed E-state index contributed by atoms with van der Waals surface area (Å²) < 4.78 is 77.7. The molecule has 0 N–H and O–H groups in total. The third kappa shape index (κ3) is 5.03. The molecule has 4 rings (SSSR count). The Balaban J connectivity index is 1.49. The van der Waals surface area contributed by atoms with Gasteiger partial charge in [-0.05, 0) is 42.5 Å². The fraction of sp³-hybridized carbons (Fsp3) is 0.304. The first-order valence-electron chi connectivity index (χ1n) is 10.6. The smallest absolute Gasteiger partial charge is 0.417 e. The maximum atomic E-state index is 13.4. The van der Waals surface area contributed by atoms with Crippen molar-refractivity contribution in [1.82, 2.24) is 14.5 Å². The molecule has 12 heteroatoms. The summed E-state index contributed by atoms with van der Waals surface area (Å²) in [6.07, 6.45) is -4.77. The van der Waals surface area contributed by atoms with Gasteiger partial charge in [0.25, 0.3) is 0 Å². The molecule has 0 amide bonds. The molecule has 186 valence electrons. The zero-order valence-corrected chi connectivity index (χ0v) is 19.8. The Morgan fingerprint density at radius 3 is 2.20 bits per heavy atom. The zero-order valence-electron chi connectivity index (χ0n) is 19.0. The van der Waals surface area contributed by atoms with Gasteiger partial charge in [0.15, 0.2) is 5.82 Å². The molecule has 0 atom stereocenters. The van der Waals surface area contributed by atoms with E-state index >= 15 is 0 Å². The molecule has 8 nitrogen and oxygen atoms in total. The number of hydrogen-bond donors (Lipinski definition) is 0. The number of sulfonamides is 1. The maximum absolute atomic E-state index is 13.4. The van der Waals surface area contributed by atoms with Crippen LogP contribution in [0.2, 0.25) is 0 Å². The van der Waals surface area contributed by atoms with Crippen molar-refractivity contribution < 1.29 is 31.1 Å². The molecule has 1 fully saturated rings. The quantitative estimate of drug-likeness (QED) is 0.502. The molecular formula is C23H23F3N4O4S. The van der Waals surface area contributed by atoms with Gasteiger partial charge >= 0.3 is 6.18 Å². The van der Waals surface area contributed by atoms with Crippen molar-refractivity contribution in [2.45, 2.75) is 11.1 Å². The van der Waals surface area contributed by atoms with Crippen molar-refractivity contribution in [1.29, 1.82) is 0 Å². The summed E-state index contributed by atoms with van der Waals surface area (Å²) >= 11 is 0. The first-order chi connectivity index (χ1) is 16.6. The molecule has 3 aromatic rings. The van der Waals surface area contributed by atoms with Crippen LogP contribution in [-0.2, 0) is 16.2 Å². The van der Waals surface area contributed by atoms with Crippen molar-refractivity contribution in [2.24, 2.45) is 0 Å². The van der Waals surface area contributed by atoms with E-state index in [1.165, 1.54) is 12.1 Å². The number of anilines is 1. The molecule has 2 aromatic carbocycles. The number of aromatic nitrogens is 2. The summed E-state index contributed by atoms with van der Waals surface area (Å²) in [5.41, 5.74) is 0.0940. The summed E-state index contributed by atoms with van der Waals surface area (Å²) in [4.78, 5) is 1.10. The molecule has 35 heavy (non-hydrogen) atoms. The second-order valence-corrected chi connectivity index (χ2v) is 9.63. The van der Waals surface area contributed by atoms with Crippen LogP contribution in [0.1, 0.15) is 5.56 Å². The minimum absolute atomic E-state index is 0.0155. The molecule has 0 unspecified atom stereocenters. The number of piperazine rings is 1. The summed E-state index contributed by atoms with van der Waals surface area (Å²) in [6, 6.07) is 13.1. The van der Waals surface area contributed by atoms with E-state index < -0.39 is 26.7 Å². The van der Waals surface area contributed by atoms with E-state index in [1.54, 1.807) is 44.6 Å². The fourth-order valence-corrected chi connectivity index (χ4v) is 5.51. The Morgan fingerprint density at radius 2 is 1.60 bits per heavy atom. The lowest BCUT2D eigenvalue weighted by atomic mass is 10.1. The van der Waals surface area contributed by atoms with Gasteiger partial charge in [0.1, 0.15) is 11.5 Å². The average Bonchev–Trinajstić information content (AvgIpc) is 2.88. The number of nitrogens with zero attached hydrogens (tertiary/aromatic N) is 4. The number of alkyl halides is 3. The summed E-state index contributed by atoms with van der Waals surface area (Å²) in [6.45, 7) is 0.539. The molecule has 0 bridgehead atoms. The van der Waals surface area contributed by atoms with Crippen LogP contribution in [0.4, 0.5) is 19.0 Å². The molecule has 0 spiro atoms. The highest BCUT2D eigenvalue weighted by molar-refractivity contribution is 7.89. The van der Waals surface area contributed by atoms with Crippen LogP contribution < -0.4 is 14.4 Å². The minimum atomic E-state index is -4.77. The van der Waals surface area contributed by atoms with Crippen molar-refractivity contribution in [3.63, 3.8) is 0 Å². The van der Waals surface area contributed by atoms with E-state index in [0.29, 0.717) is 28.6 Å². The first kappa shape index (κ1) is 24.7. The molecule has 0 radical (unpaired) electrons. The van der Waals surface area contributed by atoms with Crippen molar-refractivity contribution in [3.05, 3.63) is 60.2 Å². The van der Waals surface area contributed by atoms with E-state index in [4.69, 9.17) is 9.47 Å². The lowest BCUT2D eigenvalue weighted by Crippen LogP contribution is -2.49. The van der Waals surface area contributed by atoms with Gasteiger partial charge in [-0.25, -0.2) is 8.42 Å². The monoisotopic (exact) mass is 508 g/mol. The SMILES string of the molecule is COc1ccc(OC)c(-c2ccc(N3CCN(S(=O)(=O)c4ccccc4C(F)(F)F)CC3)nn2)c1. The fourth-order valence-electron chi connectivity index (χ4n) is 3.87. The van der Waals surface area contributed by atoms with Crippen LogP contribution in [-0.4, -0.2) is 63.3 Å². The Morgan fingerprint density at radius 1 is 0.886 bits per heavy atom. The number of halogens is 3. The highest BCUT2D eigenvalue weighted by atomic mass is 32.2. The molecule has 2 heterocycles. The number of ether oxygens (including phenoxy) is 2. The number of methoxy groups -OCH3 is 2. The van der Waals surface area contributed by atoms with E-state index in [0.717, 1.165) is 16.4 Å². The third-order valence-corrected chi connectivity index (χ3v) is 7.66. The van der Waals surface area contributed by atoms with E-state index in [-0.39, 0.29) is 26.2 Å². The molecule has 1 aliphatic rings. The van der Waals surface area contributed by atoms with Gasteiger partial charge < -0.3 is 14.4 Å². The van der Waals surface area contributed by atoms with Gasteiger partial charge in [0, 0.05) is 31.7 Å². The average molecular weight is 509 g/mol. The standard InChI is InChI=1S/C23H23F3N4O4S/c1-33-16-7-9-20(34-2)17(15-16)19-8-10-22(28-27-19)29-11-13-30(14-12-29)35(31,32)21-6-4-3-5-18(21)23(24,25)26/h3-10,15H,11-14H2,1-2H3. The Hall–Kier alpha value is -3.38. The largest absolute Gasteiger partial charge is 0.497 e. The highest BCUT2D eigenvalue weighted by Gasteiger charge is 2.39. The lowest BCUT2D eigenvalue weighted by Gasteiger charge is -2.34. The Bertz CT molecular complexity index is 1290. The van der Waals surface area contributed by atoms with Crippen LogP contribution in [0.15, 0.2) is 59.5 Å². The van der Waals surface area contributed by atoms with Gasteiger partial charge in [-0.2, -0.15) is 17.5 Å². The second kappa shape index (κ2) is 9.70. The van der Waals surface area contributed by atoms with Gasteiger partial charge in [0.2, 0.25) is 10.0 Å². The van der Waals surface area contributed by atoms with E-state index in [2.05, 4.69) is 10.2 Å². The highest BCUT2D eigenvalue weighted by Crippen LogP contribution is 2.36. The number of benzene rings is 2. The van der Waals surface area contributed by atoms with Crippen LogP contribution >= 0.6 is 0 Å². The molecule has 0 aliphatic carbocycles. The maximum Gasteiger partial charge on any atom is 0.417 e. The number of hydrogen-bond acceptors (Lipinski definition) is 7. The lowest BCUT2D eigenvalue weighted by molar-refractivity contribution is -0.139. The molecule has 1 saturated heterocycles. The Kier molecular flexibility index (Phi) is 6.86. The summed E-state index contributed by atoms with van der Waals surface area (Å²) in [7, 11) is -1.21. The predicted molar refractivity (Wildman–Crippen MR) is 123 cm³/mol. The van der Waals surface area contributed by atoms with Gasteiger partial charge in [-0.15, -0.1) is 10.2 Å². The second-order valence-electron chi connectivity index (χ2n) is 7.73. The minimum Gasteiger partial charge on any atom is -0.497 e. The van der Waals surface area contributed by atoms with Crippen LogP contribution in [0, 0.1) is 0 Å². The zero-order chi connectivity index (χ0) is 25.2. The van der Waals surface area contributed by atoms with Gasteiger partial charge in [-0.1, -0.05) is 12.1 Å². The molecule has 0 saturated carbocycles. The van der Waals surface area contributed by atoms with Crippen LogP contribution in [0.5, 0.6) is 11.5 Å². The summed E-state index contributed by atoms with van der Waals surface area (Å²) in [5, 5.41) is 8.54. The molecule has 1 aromatic heterocycles. The number of rotatable bonds is 6. The third-order valence-electron chi connectivity index (χ3n) is 5.71. The van der Waals surface area contributed by atoms with Crippen molar-refractivity contribution in [3.8, 4) is 22.8 Å². The van der Waals surface area contributed by atoms with Crippen molar-refractivity contribution >= 4 is 15.8 Å². The van der Waals surface area contributed by atoms with E-state index in [1.807, 2.05) is 4.90 Å².